The van der Waals surface area contributed by atoms with Crippen LogP contribution in [0.4, 0.5) is 0 Å². The van der Waals surface area contributed by atoms with Crippen molar-refractivity contribution in [1.82, 2.24) is 9.80 Å². The minimum Gasteiger partial charge on any atom is -0.329 e. The van der Waals surface area contributed by atoms with E-state index in [0.717, 1.165) is 18.5 Å². The van der Waals surface area contributed by atoms with E-state index in [0.29, 0.717) is 0 Å². The van der Waals surface area contributed by atoms with Crippen LogP contribution >= 0.6 is 0 Å². The van der Waals surface area contributed by atoms with E-state index < -0.39 is 0 Å². The molecule has 2 N–H and O–H groups in total. The number of nitrogens with zero attached hydrogens (tertiary/aromatic N) is 2. The largest absolute Gasteiger partial charge is 0.329 e. The first-order valence-electron chi connectivity index (χ1n) is 8.24. The van der Waals surface area contributed by atoms with Gasteiger partial charge in [0.1, 0.15) is 0 Å². The fraction of sp³-hybridized carbons (Fsp3) is 1.00. The Bertz CT molecular complexity index is 265. The smallest absolute Gasteiger partial charge is 0.0307 e. The van der Waals surface area contributed by atoms with E-state index in [1.54, 1.807) is 0 Å². The molecule has 0 aromatic heterocycles. The average molecular weight is 267 g/mol. The maximum atomic E-state index is 6.09. The molecular formula is C16H33N3. The first-order chi connectivity index (χ1) is 9.05. The highest BCUT2D eigenvalue weighted by Crippen LogP contribution is 2.28. The highest BCUT2D eigenvalue weighted by molar-refractivity contribution is 4.92. The summed E-state index contributed by atoms with van der Waals surface area (Å²) in [6.45, 7) is 12.7. The van der Waals surface area contributed by atoms with Gasteiger partial charge in [0.05, 0.1) is 0 Å². The highest BCUT2D eigenvalue weighted by Gasteiger charge is 2.35. The van der Waals surface area contributed by atoms with Gasteiger partial charge < -0.3 is 5.73 Å². The molecular weight excluding hydrogens is 234 g/mol. The predicted molar refractivity (Wildman–Crippen MR) is 82.3 cm³/mol. The van der Waals surface area contributed by atoms with E-state index in [1.165, 1.54) is 58.3 Å². The molecule has 1 saturated heterocycles. The lowest BCUT2D eigenvalue weighted by Gasteiger charge is -2.47. The third-order valence-corrected chi connectivity index (χ3v) is 5.21. The summed E-state index contributed by atoms with van der Waals surface area (Å²) in [7, 11) is 0. The van der Waals surface area contributed by atoms with Gasteiger partial charge in [0.25, 0.3) is 0 Å². The zero-order valence-electron chi connectivity index (χ0n) is 13.2. The van der Waals surface area contributed by atoms with Gasteiger partial charge in [0.15, 0.2) is 0 Å². The Balaban J connectivity index is 1.87. The van der Waals surface area contributed by atoms with E-state index in [2.05, 4.69) is 30.6 Å². The molecule has 1 saturated carbocycles. The van der Waals surface area contributed by atoms with Crippen molar-refractivity contribution >= 4 is 0 Å². The molecule has 1 atom stereocenters. The lowest BCUT2D eigenvalue weighted by Crippen LogP contribution is -2.60. The Morgan fingerprint density at radius 1 is 1.11 bits per heavy atom. The Kier molecular flexibility index (Phi) is 5.27. The first kappa shape index (κ1) is 15.3. The molecule has 1 aliphatic heterocycles. The van der Waals surface area contributed by atoms with Gasteiger partial charge in [0, 0.05) is 44.3 Å². The number of hydrogen-bond acceptors (Lipinski definition) is 3. The maximum Gasteiger partial charge on any atom is 0.0307 e. The molecule has 0 spiro atoms. The number of nitrogens with two attached hydrogens (primary N) is 1. The third kappa shape index (κ3) is 3.71. The van der Waals surface area contributed by atoms with Crippen LogP contribution in [0.1, 0.15) is 52.9 Å². The fourth-order valence-electron chi connectivity index (χ4n) is 4.12. The quantitative estimate of drug-likeness (QED) is 0.829. The molecule has 0 aromatic carbocycles. The molecule has 3 heteroatoms. The van der Waals surface area contributed by atoms with Gasteiger partial charge in [-0.15, -0.1) is 0 Å². The Hall–Kier alpha value is -0.120. The van der Waals surface area contributed by atoms with Crippen molar-refractivity contribution in [3.05, 3.63) is 0 Å². The van der Waals surface area contributed by atoms with Crippen molar-refractivity contribution in [2.45, 2.75) is 64.5 Å². The minimum atomic E-state index is 0.204. The summed E-state index contributed by atoms with van der Waals surface area (Å²) in [4.78, 5) is 5.38. The van der Waals surface area contributed by atoms with E-state index in [4.69, 9.17) is 5.73 Å². The van der Waals surface area contributed by atoms with Crippen molar-refractivity contribution in [2.75, 3.05) is 32.7 Å². The van der Waals surface area contributed by atoms with Gasteiger partial charge in [-0.25, -0.2) is 0 Å². The van der Waals surface area contributed by atoms with Crippen molar-refractivity contribution in [1.29, 1.82) is 0 Å². The molecule has 112 valence electrons. The molecule has 3 nitrogen and oxygen atoms in total. The fourth-order valence-corrected chi connectivity index (χ4v) is 4.12. The van der Waals surface area contributed by atoms with Crippen LogP contribution in [0, 0.1) is 5.92 Å². The van der Waals surface area contributed by atoms with Gasteiger partial charge in [0.2, 0.25) is 0 Å². The minimum absolute atomic E-state index is 0.204. The molecule has 1 aliphatic carbocycles. The summed E-state index contributed by atoms with van der Waals surface area (Å²) in [5, 5.41) is 0. The second kappa shape index (κ2) is 6.55. The monoisotopic (exact) mass is 267 g/mol. The molecule has 0 radical (unpaired) electrons. The maximum absolute atomic E-state index is 6.09. The van der Waals surface area contributed by atoms with Crippen LogP contribution in [0.15, 0.2) is 0 Å². The molecule has 0 amide bonds. The summed E-state index contributed by atoms with van der Waals surface area (Å²) in [5.41, 5.74) is 6.29. The first-order valence-corrected chi connectivity index (χ1v) is 8.24. The normalized spacial score (nSPS) is 27.0. The van der Waals surface area contributed by atoms with Crippen molar-refractivity contribution in [3.63, 3.8) is 0 Å². The lowest BCUT2D eigenvalue weighted by atomic mass is 9.88. The SMILES string of the molecule is CC(C)CC(C)(CN)N1CCN(C2CCCC2)CC1. The molecule has 0 aromatic rings. The van der Waals surface area contributed by atoms with Gasteiger partial charge in [-0.1, -0.05) is 26.7 Å². The number of rotatable bonds is 5. The van der Waals surface area contributed by atoms with Crippen LogP contribution < -0.4 is 5.73 Å². The van der Waals surface area contributed by atoms with Crippen LogP contribution in [0.3, 0.4) is 0 Å². The second-order valence-corrected chi connectivity index (χ2v) is 7.26. The van der Waals surface area contributed by atoms with Gasteiger partial charge >= 0.3 is 0 Å². The summed E-state index contributed by atoms with van der Waals surface area (Å²) in [5.74, 6) is 0.724. The van der Waals surface area contributed by atoms with Crippen LogP contribution in [0.5, 0.6) is 0 Å². The van der Waals surface area contributed by atoms with E-state index in [-0.39, 0.29) is 5.54 Å². The van der Waals surface area contributed by atoms with E-state index >= 15 is 0 Å². The standard InChI is InChI=1S/C16H33N3/c1-14(2)12-16(3,13-17)19-10-8-18(9-11-19)15-6-4-5-7-15/h14-15H,4-13,17H2,1-3H3. The molecule has 1 unspecified atom stereocenters. The number of hydrogen-bond donors (Lipinski definition) is 1. The van der Waals surface area contributed by atoms with Crippen LogP contribution in [0.25, 0.3) is 0 Å². The molecule has 19 heavy (non-hydrogen) atoms. The molecule has 1 heterocycles. The van der Waals surface area contributed by atoms with Gasteiger partial charge in [-0.05, 0) is 32.1 Å². The predicted octanol–water partition coefficient (Wildman–Crippen LogP) is 2.31. The number of piperazine rings is 1. The van der Waals surface area contributed by atoms with E-state index in [9.17, 15) is 0 Å². The summed E-state index contributed by atoms with van der Waals surface area (Å²) < 4.78 is 0. The summed E-state index contributed by atoms with van der Waals surface area (Å²) in [6, 6.07) is 0.886. The van der Waals surface area contributed by atoms with Crippen molar-refractivity contribution < 1.29 is 0 Å². The zero-order chi connectivity index (χ0) is 13.9. The van der Waals surface area contributed by atoms with Crippen molar-refractivity contribution in [3.8, 4) is 0 Å². The highest BCUT2D eigenvalue weighted by atomic mass is 15.3. The van der Waals surface area contributed by atoms with Crippen molar-refractivity contribution in [2.24, 2.45) is 11.7 Å². The van der Waals surface area contributed by atoms with Crippen LogP contribution in [-0.4, -0.2) is 54.1 Å². The molecule has 0 bridgehead atoms. The van der Waals surface area contributed by atoms with Gasteiger partial charge in [-0.2, -0.15) is 0 Å². The zero-order valence-corrected chi connectivity index (χ0v) is 13.2. The lowest BCUT2D eigenvalue weighted by molar-refractivity contribution is 0.0203. The summed E-state index contributed by atoms with van der Waals surface area (Å²) in [6.07, 6.45) is 6.96. The molecule has 2 rings (SSSR count). The molecule has 2 fully saturated rings. The second-order valence-electron chi connectivity index (χ2n) is 7.26. The van der Waals surface area contributed by atoms with Gasteiger partial charge in [-0.3, -0.25) is 9.80 Å². The average Bonchev–Trinajstić information content (AvgIpc) is 2.92. The Labute approximate surface area is 119 Å². The Morgan fingerprint density at radius 2 is 1.68 bits per heavy atom. The molecule has 2 aliphatic rings. The van der Waals surface area contributed by atoms with Crippen LogP contribution in [-0.2, 0) is 0 Å². The van der Waals surface area contributed by atoms with E-state index in [1.807, 2.05) is 0 Å². The summed E-state index contributed by atoms with van der Waals surface area (Å²) >= 11 is 0. The third-order valence-electron chi connectivity index (χ3n) is 5.21. The Morgan fingerprint density at radius 3 is 2.16 bits per heavy atom. The van der Waals surface area contributed by atoms with Crippen LogP contribution in [0.2, 0.25) is 0 Å². The topological polar surface area (TPSA) is 32.5 Å².